The summed E-state index contributed by atoms with van der Waals surface area (Å²) < 4.78 is 13.8. The van der Waals surface area contributed by atoms with Gasteiger partial charge in [-0.05, 0) is 30.9 Å². The van der Waals surface area contributed by atoms with Crippen molar-refractivity contribution < 1.29 is 9.47 Å². The average molecular weight is 342 g/mol. The van der Waals surface area contributed by atoms with E-state index < -0.39 is 0 Å². The smallest absolute Gasteiger partial charge is 0.114 e. The Morgan fingerprint density at radius 3 is 2.80 bits per heavy atom. The Balaban J connectivity index is 1.41. The van der Waals surface area contributed by atoms with Gasteiger partial charge >= 0.3 is 0 Å². The Labute approximate surface area is 148 Å². The highest BCUT2D eigenvalue weighted by Gasteiger charge is 2.30. The van der Waals surface area contributed by atoms with Gasteiger partial charge in [0.25, 0.3) is 0 Å². The van der Waals surface area contributed by atoms with E-state index in [-0.39, 0.29) is 6.10 Å². The van der Waals surface area contributed by atoms with Crippen molar-refractivity contribution >= 4 is 11.3 Å². The second-order valence-corrected chi connectivity index (χ2v) is 7.43. The molecule has 2 saturated heterocycles. The summed E-state index contributed by atoms with van der Waals surface area (Å²) in [5, 5.41) is 0. The van der Waals surface area contributed by atoms with E-state index in [2.05, 4.69) is 32.4 Å². The third-order valence-corrected chi connectivity index (χ3v) is 5.58. The number of aromatic nitrogens is 2. The molecule has 6 heteroatoms. The van der Waals surface area contributed by atoms with Gasteiger partial charge in [0.1, 0.15) is 18.2 Å². The molecular formula is C19H26N4O2. The second-order valence-electron chi connectivity index (χ2n) is 7.43. The molecule has 134 valence electrons. The quantitative estimate of drug-likeness (QED) is 0.850. The summed E-state index contributed by atoms with van der Waals surface area (Å²) in [5.74, 6) is 2.12. The highest BCUT2D eigenvalue weighted by atomic mass is 16.5. The maximum atomic E-state index is 6.10. The van der Waals surface area contributed by atoms with Gasteiger partial charge in [0.15, 0.2) is 0 Å². The van der Waals surface area contributed by atoms with Crippen LogP contribution in [0.2, 0.25) is 0 Å². The van der Waals surface area contributed by atoms with Gasteiger partial charge in [0, 0.05) is 32.7 Å². The minimum absolute atomic E-state index is 0.0810. The van der Waals surface area contributed by atoms with Gasteiger partial charge in [-0.3, -0.25) is 9.30 Å². The van der Waals surface area contributed by atoms with Crippen molar-refractivity contribution in [2.75, 3.05) is 57.4 Å². The summed E-state index contributed by atoms with van der Waals surface area (Å²) in [6, 6.07) is 6.47. The molecule has 0 bridgehead atoms. The van der Waals surface area contributed by atoms with Gasteiger partial charge < -0.3 is 14.4 Å². The second kappa shape index (κ2) is 6.59. The monoisotopic (exact) mass is 342 g/mol. The van der Waals surface area contributed by atoms with Crippen LogP contribution in [0.4, 0.5) is 5.82 Å². The Hall–Kier alpha value is -1.63. The molecule has 1 saturated carbocycles. The molecule has 1 aliphatic carbocycles. The fourth-order valence-corrected chi connectivity index (χ4v) is 4.02. The standard InChI is InChI=1S/C19H26N4O2/c1-2-16-19(17-13-21(6-11-25-17)12-15-4-5-15)20-14-23(16)18(3-1)22-7-9-24-10-8-22/h1-3,14-15,17H,4-13H2/t17-/m0/s1. The van der Waals surface area contributed by atoms with E-state index in [0.29, 0.717) is 0 Å². The maximum absolute atomic E-state index is 6.10. The summed E-state index contributed by atoms with van der Waals surface area (Å²) >= 11 is 0. The van der Waals surface area contributed by atoms with Crippen LogP contribution in [0.25, 0.3) is 5.52 Å². The molecule has 2 aliphatic heterocycles. The number of pyridine rings is 1. The zero-order chi connectivity index (χ0) is 16.6. The summed E-state index contributed by atoms with van der Waals surface area (Å²) in [6.07, 6.45) is 4.84. The lowest BCUT2D eigenvalue weighted by Crippen LogP contribution is -2.39. The number of ether oxygens (including phenoxy) is 2. The molecule has 6 nitrogen and oxygen atoms in total. The van der Waals surface area contributed by atoms with Crippen LogP contribution in [0.1, 0.15) is 24.6 Å². The first-order valence-corrected chi connectivity index (χ1v) is 9.51. The predicted octanol–water partition coefficient (Wildman–Crippen LogP) is 1.95. The van der Waals surface area contributed by atoms with E-state index in [1.807, 2.05) is 6.33 Å². The van der Waals surface area contributed by atoms with Crippen molar-refractivity contribution in [2.24, 2.45) is 5.92 Å². The number of hydrogen-bond donors (Lipinski definition) is 0. The van der Waals surface area contributed by atoms with Gasteiger partial charge in [0.2, 0.25) is 0 Å². The van der Waals surface area contributed by atoms with Gasteiger partial charge in [-0.1, -0.05) is 6.07 Å². The molecule has 3 fully saturated rings. The van der Waals surface area contributed by atoms with E-state index >= 15 is 0 Å². The van der Waals surface area contributed by atoms with E-state index in [1.54, 1.807) is 0 Å². The minimum Gasteiger partial charge on any atom is -0.378 e. The molecule has 2 aromatic heterocycles. The number of fused-ring (bicyclic) bond motifs is 1. The molecule has 0 aromatic carbocycles. The minimum atomic E-state index is 0.0810. The van der Waals surface area contributed by atoms with Crippen molar-refractivity contribution in [3.63, 3.8) is 0 Å². The first-order chi connectivity index (χ1) is 12.4. The van der Waals surface area contributed by atoms with Crippen LogP contribution in [0, 0.1) is 5.92 Å². The van der Waals surface area contributed by atoms with Crippen LogP contribution in [-0.4, -0.2) is 66.8 Å². The number of hydrogen-bond acceptors (Lipinski definition) is 5. The number of anilines is 1. The molecular weight excluding hydrogens is 316 g/mol. The molecule has 0 N–H and O–H groups in total. The topological polar surface area (TPSA) is 42.2 Å². The fourth-order valence-electron chi connectivity index (χ4n) is 4.02. The number of morpholine rings is 2. The molecule has 4 heterocycles. The first kappa shape index (κ1) is 15.6. The van der Waals surface area contributed by atoms with Crippen molar-refractivity contribution in [1.82, 2.24) is 14.3 Å². The average Bonchev–Trinajstić information content (AvgIpc) is 3.37. The molecule has 0 amide bonds. The first-order valence-electron chi connectivity index (χ1n) is 9.51. The summed E-state index contributed by atoms with van der Waals surface area (Å²) in [4.78, 5) is 9.69. The third-order valence-electron chi connectivity index (χ3n) is 5.58. The van der Waals surface area contributed by atoms with Crippen LogP contribution in [-0.2, 0) is 9.47 Å². The van der Waals surface area contributed by atoms with Gasteiger partial charge in [-0.25, -0.2) is 4.98 Å². The highest BCUT2D eigenvalue weighted by molar-refractivity contribution is 5.60. The number of imidazole rings is 1. The van der Waals surface area contributed by atoms with E-state index in [0.717, 1.165) is 57.6 Å². The van der Waals surface area contributed by atoms with Gasteiger partial charge in [0.05, 0.1) is 31.0 Å². The molecule has 25 heavy (non-hydrogen) atoms. The van der Waals surface area contributed by atoms with Crippen molar-refractivity contribution in [1.29, 1.82) is 0 Å². The fraction of sp³-hybridized carbons (Fsp3) is 0.632. The zero-order valence-electron chi connectivity index (χ0n) is 14.6. The predicted molar refractivity (Wildman–Crippen MR) is 96.1 cm³/mol. The summed E-state index contributed by atoms with van der Waals surface area (Å²) in [5.41, 5.74) is 2.25. The molecule has 0 unspecified atom stereocenters. The molecule has 1 atom stereocenters. The number of rotatable bonds is 4. The molecule has 0 spiro atoms. The van der Waals surface area contributed by atoms with Gasteiger partial charge in [-0.2, -0.15) is 0 Å². The van der Waals surface area contributed by atoms with E-state index in [9.17, 15) is 0 Å². The van der Waals surface area contributed by atoms with Crippen LogP contribution >= 0.6 is 0 Å². The SMILES string of the molecule is c1cc(N2CCOCC2)n2cnc([C@@H]3CN(CC4CC4)CCO3)c2c1. The largest absolute Gasteiger partial charge is 0.378 e. The van der Waals surface area contributed by atoms with Gasteiger partial charge in [-0.15, -0.1) is 0 Å². The molecule has 2 aromatic rings. The molecule has 0 radical (unpaired) electrons. The molecule has 5 rings (SSSR count). The van der Waals surface area contributed by atoms with Crippen molar-refractivity contribution in [2.45, 2.75) is 18.9 Å². The Bertz CT molecular complexity index is 736. The van der Waals surface area contributed by atoms with Crippen LogP contribution < -0.4 is 4.90 Å². The van der Waals surface area contributed by atoms with E-state index in [1.165, 1.54) is 30.7 Å². The Kier molecular flexibility index (Phi) is 4.12. The normalized spacial score (nSPS) is 25.6. The maximum Gasteiger partial charge on any atom is 0.114 e. The summed E-state index contributed by atoms with van der Waals surface area (Å²) in [6.45, 7) is 7.50. The molecule has 3 aliphatic rings. The summed E-state index contributed by atoms with van der Waals surface area (Å²) in [7, 11) is 0. The van der Waals surface area contributed by atoms with Crippen molar-refractivity contribution in [3.05, 3.63) is 30.2 Å². The lowest BCUT2D eigenvalue weighted by Gasteiger charge is -2.32. The lowest BCUT2D eigenvalue weighted by atomic mass is 10.1. The Morgan fingerprint density at radius 2 is 1.96 bits per heavy atom. The Morgan fingerprint density at radius 1 is 1.08 bits per heavy atom. The van der Waals surface area contributed by atoms with Crippen LogP contribution in [0.3, 0.4) is 0 Å². The van der Waals surface area contributed by atoms with Crippen LogP contribution in [0.5, 0.6) is 0 Å². The number of nitrogens with zero attached hydrogens (tertiary/aromatic N) is 4. The van der Waals surface area contributed by atoms with E-state index in [4.69, 9.17) is 14.5 Å². The van der Waals surface area contributed by atoms with Crippen LogP contribution in [0.15, 0.2) is 24.5 Å². The lowest BCUT2D eigenvalue weighted by molar-refractivity contribution is -0.0325. The zero-order valence-corrected chi connectivity index (χ0v) is 14.6. The third kappa shape index (κ3) is 3.14. The van der Waals surface area contributed by atoms with Crippen molar-refractivity contribution in [3.8, 4) is 0 Å². The highest BCUT2D eigenvalue weighted by Crippen LogP contribution is 2.32.